The van der Waals surface area contributed by atoms with Gasteiger partial charge in [0.2, 0.25) is 0 Å². The summed E-state index contributed by atoms with van der Waals surface area (Å²) in [4.78, 5) is 2.43. The van der Waals surface area contributed by atoms with Gasteiger partial charge in [-0.2, -0.15) is 0 Å². The average molecular weight is 577 g/mol. The molecule has 1 aliphatic rings. The molecule has 1 aliphatic carbocycles. The van der Waals surface area contributed by atoms with Crippen LogP contribution in [0.4, 0.5) is 17.1 Å². The van der Waals surface area contributed by atoms with Crippen LogP contribution < -0.4 is 4.90 Å². The summed E-state index contributed by atoms with van der Waals surface area (Å²) in [5, 5.41) is 5.02. The molecule has 0 amide bonds. The molecule has 0 saturated heterocycles. The Morgan fingerprint density at radius 1 is 0.467 bits per heavy atom. The maximum atomic E-state index is 2.45. The number of fused-ring (bicyclic) bond motifs is 7. The van der Waals surface area contributed by atoms with E-state index in [-0.39, 0.29) is 5.41 Å². The summed E-state index contributed by atoms with van der Waals surface area (Å²) in [6.07, 6.45) is 0. The molecule has 8 aromatic rings. The van der Waals surface area contributed by atoms with E-state index < -0.39 is 0 Å². The Hall–Kier alpha value is -5.60. The van der Waals surface area contributed by atoms with E-state index >= 15 is 0 Å². The number of rotatable bonds is 4. The second-order valence-corrected chi connectivity index (χ2v) is 12.6. The van der Waals surface area contributed by atoms with Gasteiger partial charge in [0.25, 0.3) is 0 Å². The second-order valence-electron chi connectivity index (χ2n) is 12.6. The van der Waals surface area contributed by atoms with Crippen LogP contribution in [0.15, 0.2) is 158 Å². The first-order chi connectivity index (χ1) is 22.1. The summed E-state index contributed by atoms with van der Waals surface area (Å²) in [7, 11) is 0. The van der Waals surface area contributed by atoms with Crippen LogP contribution in [-0.2, 0) is 5.41 Å². The number of para-hydroxylation sites is 3. The fourth-order valence-corrected chi connectivity index (χ4v) is 7.61. The molecule has 0 spiro atoms. The third-order valence-corrected chi connectivity index (χ3v) is 9.74. The first-order valence-electron chi connectivity index (χ1n) is 15.7. The van der Waals surface area contributed by atoms with Crippen LogP contribution in [0, 0.1) is 0 Å². The van der Waals surface area contributed by atoms with Crippen molar-refractivity contribution in [2.75, 3.05) is 4.90 Å². The fourth-order valence-electron chi connectivity index (χ4n) is 7.61. The molecule has 9 rings (SSSR count). The lowest BCUT2D eigenvalue weighted by Crippen LogP contribution is -2.15. The Bertz CT molecular complexity index is 2400. The van der Waals surface area contributed by atoms with Crippen molar-refractivity contribution < 1.29 is 0 Å². The smallest absolute Gasteiger partial charge is 0.0561 e. The van der Waals surface area contributed by atoms with Crippen molar-refractivity contribution in [1.82, 2.24) is 4.57 Å². The summed E-state index contributed by atoms with van der Waals surface area (Å²) in [5.41, 5.74) is 12.4. The van der Waals surface area contributed by atoms with E-state index in [9.17, 15) is 0 Å². The average Bonchev–Trinajstić information content (AvgIpc) is 3.53. The van der Waals surface area contributed by atoms with E-state index in [4.69, 9.17) is 0 Å². The topological polar surface area (TPSA) is 8.17 Å². The highest BCUT2D eigenvalue weighted by Gasteiger charge is 2.35. The van der Waals surface area contributed by atoms with Crippen molar-refractivity contribution in [3.63, 3.8) is 0 Å². The van der Waals surface area contributed by atoms with Crippen LogP contribution in [0.5, 0.6) is 0 Å². The van der Waals surface area contributed by atoms with Crippen LogP contribution in [-0.4, -0.2) is 4.57 Å². The highest BCUT2D eigenvalue weighted by molar-refractivity contribution is 6.11. The van der Waals surface area contributed by atoms with Crippen molar-refractivity contribution in [3.05, 3.63) is 169 Å². The maximum absolute atomic E-state index is 2.45. The molecule has 0 atom stereocenters. The van der Waals surface area contributed by atoms with Crippen molar-refractivity contribution in [2.24, 2.45) is 0 Å². The molecule has 0 aliphatic heterocycles. The normalized spacial score (nSPS) is 13.3. The summed E-state index contributed by atoms with van der Waals surface area (Å²) in [6, 6.07) is 57.6. The lowest BCUT2D eigenvalue weighted by molar-refractivity contribution is 0.661. The minimum Gasteiger partial charge on any atom is -0.310 e. The minimum atomic E-state index is -0.0691. The number of anilines is 3. The summed E-state index contributed by atoms with van der Waals surface area (Å²) >= 11 is 0. The minimum absolute atomic E-state index is 0.0691. The van der Waals surface area contributed by atoms with E-state index in [1.807, 2.05) is 0 Å². The predicted octanol–water partition coefficient (Wildman–Crippen LogP) is 11.7. The van der Waals surface area contributed by atoms with E-state index in [1.165, 1.54) is 60.5 Å². The zero-order valence-electron chi connectivity index (χ0n) is 25.4. The van der Waals surface area contributed by atoms with E-state index in [1.54, 1.807) is 0 Å². The van der Waals surface area contributed by atoms with Crippen molar-refractivity contribution in [2.45, 2.75) is 19.3 Å². The summed E-state index contributed by atoms with van der Waals surface area (Å²) in [5.74, 6) is 0. The van der Waals surface area contributed by atoms with Gasteiger partial charge >= 0.3 is 0 Å². The van der Waals surface area contributed by atoms with Gasteiger partial charge in [-0.25, -0.2) is 0 Å². The number of aromatic nitrogens is 1. The number of nitrogens with zero attached hydrogens (tertiary/aromatic N) is 2. The number of hydrogen-bond acceptors (Lipinski definition) is 1. The van der Waals surface area contributed by atoms with Gasteiger partial charge in [0, 0.05) is 38.6 Å². The number of hydrogen-bond donors (Lipinski definition) is 0. The zero-order chi connectivity index (χ0) is 30.1. The SMILES string of the molecule is CC1(C)c2ccccc2-c2cc3cccc(N(c4ccccc4)c4ccc5c6ccccc6n(-c6ccccc6)c5c4)c3cc21. The van der Waals surface area contributed by atoms with Gasteiger partial charge in [-0.15, -0.1) is 0 Å². The molecule has 0 N–H and O–H groups in total. The monoisotopic (exact) mass is 576 g/mol. The molecule has 45 heavy (non-hydrogen) atoms. The molecule has 2 nitrogen and oxygen atoms in total. The Morgan fingerprint density at radius 3 is 2.02 bits per heavy atom. The van der Waals surface area contributed by atoms with Crippen LogP contribution >= 0.6 is 0 Å². The Balaban J connectivity index is 1.32. The Labute approximate surface area is 263 Å². The first kappa shape index (κ1) is 25.9. The van der Waals surface area contributed by atoms with Gasteiger partial charge < -0.3 is 9.47 Å². The van der Waals surface area contributed by atoms with Crippen molar-refractivity contribution in [3.8, 4) is 16.8 Å². The largest absolute Gasteiger partial charge is 0.310 e. The Kier molecular flexibility index (Phi) is 5.58. The molecule has 0 unspecified atom stereocenters. The van der Waals surface area contributed by atoms with Gasteiger partial charge in [0.1, 0.15) is 0 Å². The molecule has 2 heteroatoms. The maximum Gasteiger partial charge on any atom is 0.0561 e. The van der Waals surface area contributed by atoms with Gasteiger partial charge in [0.05, 0.1) is 16.7 Å². The lowest BCUT2D eigenvalue weighted by Gasteiger charge is -2.28. The third-order valence-electron chi connectivity index (χ3n) is 9.74. The fraction of sp³-hybridized carbons (Fsp3) is 0.0698. The zero-order valence-corrected chi connectivity index (χ0v) is 25.4. The molecular formula is C43H32N2. The van der Waals surface area contributed by atoms with Gasteiger partial charge in [0.15, 0.2) is 0 Å². The quantitative estimate of drug-likeness (QED) is 0.202. The highest BCUT2D eigenvalue weighted by atomic mass is 15.1. The molecule has 0 fully saturated rings. The summed E-state index contributed by atoms with van der Waals surface area (Å²) in [6.45, 7) is 4.72. The molecule has 1 heterocycles. The molecule has 214 valence electrons. The van der Waals surface area contributed by atoms with Crippen LogP contribution in [0.3, 0.4) is 0 Å². The lowest BCUT2D eigenvalue weighted by atomic mass is 9.82. The molecule has 0 radical (unpaired) electrons. The first-order valence-corrected chi connectivity index (χ1v) is 15.7. The molecule has 7 aromatic carbocycles. The highest BCUT2D eigenvalue weighted by Crippen LogP contribution is 2.51. The predicted molar refractivity (Wildman–Crippen MR) is 191 cm³/mol. The van der Waals surface area contributed by atoms with Crippen LogP contribution in [0.25, 0.3) is 49.4 Å². The summed E-state index contributed by atoms with van der Waals surface area (Å²) < 4.78 is 2.40. The standard InChI is InChI=1S/C43H32N2/c1-43(2)38-21-11-9-19-33(38)37-26-29-14-13-23-41(36(29)28-39(37)43)44(30-15-5-3-6-16-30)32-24-25-35-34-20-10-12-22-40(34)45(42(35)27-32)31-17-7-4-8-18-31/h3-28H,1-2H3. The van der Waals surface area contributed by atoms with Gasteiger partial charge in [-0.1, -0.05) is 111 Å². The molecular weight excluding hydrogens is 544 g/mol. The van der Waals surface area contributed by atoms with Crippen molar-refractivity contribution in [1.29, 1.82) is 0 Å². The van der Waals surface area contributed by atoms with E-state index in [0.717, 1.165) is 17.1 Å². The second kappa shape index (κ2) is 9.70. The number of benzene rings is 7. The van der Waals surface area contributed by atoms with E-state index in [2.05, 4.69) is 181 Å². The Morgan fingerprint density at radius 2 is 1.18 bits per heavy atom. The third kappa shape index (κ3) is 3.82. The van der Waals surface area contributed by atoms with Gasteiger partial charge in [-0.05, 0) is 88.3 Å². The van der Waals surface area contributed by atoms with Crippen LogP contribution in [0.1, 0.15) is 25.0 Å². The molecule has 0 bridgehead atoms. The molecule has 0 saturated carbocycles. The van der Waals surface area contributed by atoms with E-state index in [0.29, 0.717) is 0 Å². The van der Waals surface area contributed by atoms with Gasteiger partial charge in [-0.3, -0.25) is 0 Å². The van der Waals surface area contributed by atoms with Crippen molar-refractivity contribution >= 4 is 49.6 Å². The molecule has 1 aromatic heterocycles. The van der Waals surface area contributed by atoms with Crippen LogP contribution in [0.2, 0.25) is 0 Å².